The van der Waals surface area contributed by atoms with E-state index in [0.717, 1.165) is 5.75 Å². The Morgan fingerprint density at radius 2 is 1.64 bits per heavy atom. The van der Waals surface area contributed by atoms with E-state index < -0.39 is 10.8 Å². The van der Waals surface area contributed by atoms with Gasteiger partial charge in [0.1, 0.15) is 0 Å². The molecule has 0 radical (unpaired) electrons. The van der Waals surface area contributed by atoms with Crippen LogP contribution in [-0.4, -0.2) is 14.7 Å². The van der Waals surface area contributed by atoms with E-state index in [1.54, 1.807) is 0 Å². The second-order valence-corrected chi connectivity index (χ2v) is 8.18. The Morgan fingerprint density at radius 3 is 2.07 bits per heavy atom. The van der Waals surface area contributed by atoms with Crippen LogP contribution in [0.3, 0.4) is 0 Å². The predicted molar refractivity (Wildman–Crippen MR) is 64.0 cm³/mol. The van der Waals surface area contributed by atoms with E-state index >= 15 is 0 Å². The summed E-state index contributed by atoms with van der Waals surface area (Å²) in [6.07, 6.45) is 6.58. The lowest BCUT2D eigenvalue weighted by molar-refractivity contribution is 0.249. The van der Waals surface area contributed by atoms with Gasteiger partial charge in [-0.25, -0.2) is 0 Å². The fourth-order valence-corrected chi connectivity index (χ4v) is 3.44. The second kappa shape index (κ2) is 4.34. The summed E-state index contributed by atoms with van der Waals surface area (Å²) in [7, 11) is -0.674. The molecule has 0 amide bonds. The zero-order valence-electron chi connectivity index (χ0n) is 10.1. The highest BCUT2D eigenvalue weighted by atomic mass is 32.2. The molecule has 0 bridgehead atoms. The minimum Gasteiger partial charge on any atom is -0.259 e. The van der Waals surface area contributed by atoms with Crippen molar-refractivity contribution in [3.8, 4) is 0 Å². The van der Waals surface area contributed by atoms with Gasteiger partial charge in [0, 0.05) is 21.3 Å². The van der Waals surface area contributed by atoms with E-state index in [1.807, 2.05) is 0 Å². The van der Waals surface area contributed by atoms with Crippen molar-refractivity contribution in [2.45, 2.75) is 64.5 Å². The molecule has 1 unspecified atom stereocenters. The second-order valence-electron chi connectivity index (χ2n) is 5.97. The smallest absolute Gasteiger partial charge is 0.0375 e. The molecule has 1 aliphatic carbocycles. The van der Waals surface area contributed by atoms with Crippen LogP contribution in [0.4, 0.5) is 0 Å². The molecule has 0 aromatic rings. The van der Waals surface area contributed by atoms with Crippen molar-refractivity contribution < 1.29 is 4.21 Å². The van der Waals surface area contributed by atoms with Gasteiger partial charge in [-0.05, 0) is 39.0 Å². The first-order valence-electron chi connectivity index (χ1n) is 5.72. The Balaban J connectivity index is 2.54. The van der Waals surface area contributed by atoms with Crippen LogP contribution in [0.5, 0.6) is 0 Å². The summed E-state index contributed by atoms with van der Waals surface area (Å²) < 4.78 is 12.0. The highest BCUT2D eigenvalue weighted by Crippen LogP contribution is 2.37. The highest BCUT2D eigenvalue weighted by molar-refractivity contribution is 7.86. The van der Waals surface area contributed by atoms with E-state index in [1.165, 1.54) is 32.1 Å². The van der Waals surface area contributed by atoms with Crippen molar-refractivity contribution in [1.82, 2.24) is 0 Å². The number of hydrogen-bond acceptors (Lipinski definition) is 1. The van der Waals surface area contributed by atoms with Crippen LogP contribution in [0.2, 0.25) is 0 Å². The van der Waals surface area contributed by atoms with Crippen LogP contribution in [0.1, 0.15) is 59.8 Å². The first-order chi connectivity index (χ1) is 6.33. The quantitative estimate of drug-likeness (QED) is 0.690. The van der Waals surface area contributed by atoms with E-state index in [9.17, 15) is 4.21 Å². The summed E-state index contributed by atoms with van der Waals surface area (Å²) in [5.74, 6) is 0.899. The maximum atomic E-state index is 12.0. The third-order valence-electron chi connectivity index (χ3n) is 3.22. The molecule has 0 aliphatic heterocycles. The first-order valence-corrected chi connectivity index (χ1v) is 7.04. The molecule has 0 aromatic heterocycles. The molecule has 0 saturated heterocycles. The summed E-state index contributed by atoms with van der Waals surface area (Å²) in [5, 5.41) is 0. The van der Waals surface area contributed by atoms with Crippen LogP contribution in [0, 0.1) is 5.41 Å². The van der Waals surface area contributed by atoms with Crippen molar-refractivity contribution in [3.05, 3.63) is 0 Å². The van der Waals surface area contributed by atoms with E-state index in [2.05, 4.69) is 27.7 Å². The standard InChI is InChI=1S/C12H24OS/c1-11(2,3)14(13)10-12(4)8-6-5-7-9-12/h5-10H2,1-4H3. The van der Waals surface area contributed by atoms with E-state index in [0.29, 0.717) is 5.41 Å². The van der Waals surface area contributed by atoms with Gasteiger partial charge >= 0.3 is 0 Å². The van der Waals surface area contributed by atoms with Gasteiger partial charge in [0.15, 0.2) is 0 Å². The van der Waals surface area contributed by atoms with Gasteiger partial charge < -0.3 is 0 Å². The fraction of sp³-hybridized carbons (Fsp3) is 1.00. The van der Waals surface area contributed by atoms with Gasteiger partial charge in [-0.1, -0.05) is 26.2 Å². The van der Waals surface area contributed by atoms with Crippen molar-refractivity contribution >= 4 is 10.8 Å². The molecule has 0 spiro atoms. The average molecular weight is 216 g/mol. The van der Waals surface area contributed by atoms with Gasteiger partial charge in [0.05, 0.1) is 0 Å². The van der Waals surface area contributed by atoms with Crippen LogP contribution < -0.4 is 0 Å². The summed E-state index contributed by atoms with van der Waals surface area (Å²) in [6.45, 7) is 8.55. The predicted octanol–water partition coefficient (Wildman–Crippen LogP) is 3.50. The molecule has 1 atom stereocenters. The lowest BCUT2D eigenvalue weighted by Gasteiger charge is -2.35. The molecule has 1 saturated carbocycles. The van der Waals surface area contributed by atoms with Crippen molar-refractivity contribution in [2.24, 2.45) is 5.41 Å². The lowest BCUT2D eigenvalue weighted by atomic mass is 9.77. The molecule has 14 heavy (non-hydrogen) atoms. The van der Waals surface area contributed by atoms with Crippen LogP contribution in [0.15, 0.2) is 0 Å². The van der Waals surface area contributed by atoms with Crippen LogP contribution in [-0.2, 0) is 10.8 Å². The normalized spacial score (nSPS) is 24.6. The SMILES string of the molecule is CC1(CS(=O)C(C)(C)C)CCCCC1. The Hall–Kier alpha value is 0.150. The minimum atomic E-state index is -0.674. The fourth-order valence-electron chi connectivity index (χ4n) is 2.08. The summed E-state index contributed by atoms with van der Waals surface area (Å²) in [5.41, 5.74) is 0.358. The third kappa shape index (κ3) is 3.38. The summed E-state index contributed by atoms with van der Waals surface area (Å²) in [4.78, 5) is 0. The third-order valence-corrected chi connectivity index (χ3v) is 5.55. The Kier molecular flexibility index (Phi) is 3.79. The largest absolute Gasteiger partial charge is 0.259 e. The van der Waals surface area contributed by atoms with Gasteiger partial charge in [-0.2, -0.15) is 0 Å². The maximum absolute atomic E-state index is 12.0. The van der Waals surface area contributed by atoms with E-state index in [-0.39, 0.29) is 4.75 Å². The van der Waals surface area contributed by atoms with Crippen LogP contribution >= 0.6 is 0 Å². The molecular formula is C12H24OS. The summed E-state index contributed by atoms with van der Waals surface area (Å²) >= 11 is 0. The monoisotopic (exact) mass is 216 g/mol. The molecule has 84 valence electrons. The Morgan fingerprint density at radius 1 is 1.14 bits per heavy atom. The number of rotatable bonds is 2. The first kappa shape index (κ1) is 12.2. The highest BCUT2D eigenvalue weighted by Gasteiger charge is 2.32. The molecule has 0 heterocycles. The van der Waals surface area contributed by atoms with Crippen molar-refractivity contribution in [3.63, 3.8) is 0 Å². The van der Waals surface area contributed by atoms with Gasteiger partial charge in [0.2, 0.25) is 0 Å². The van der Waals surface area contributed by atoms with Gasteiger partial charge in [0.25, 0.3) is 0 Å². The molecule has 2 heteroatoms. The lowest BCUT2D eigenvalue weighted by Crippen LogP contribution is -2.34. The van der Waals surface area contributed by atoms with Crippen LogP contribution in [0.25, 0.3) is 0 Å². The average Bonchev–Trinajstić information content (AvgIpc) is 2.02. The topological polar surface area (TPSA) is 17.1 Å². The summed E-state index contributed by atoms with van der Waals surface area (Å²) in [6, 6.07) is 0. The molecule has 1 rings (SSSR count). The van der Waals surface area contributed by atoms with Gasteiger partial charge in [-0.15, -0.1) is 0 Å². The molecular weight excluding hydrogens is 192 g/mol. The van der Waals surface area contributed by atoms with E-state index in [4.69, 9.17) is 0 Å². The minimum absolute atomic E-state index is 0.0412. The molecule has 1 fully saturated rings. The zero-order valence-corrected chi connectivity index (χ0v) is 10.9. The van der Waals surface area contributed by atoms with Crippen molar-refractivity contribution in [2.75, 3.05) is 5.75 Å². The maximum Gasteiger partial charge on any atom is 0.0375 e. The van der Waals surface area contributed by atoms with Crippen molar-refractivity contribution in [1.29, 1.82) is 0 Å². The Bertz CT molecular complexity index is 209. The number of hydrogen-bond donors (Lipinski definition) is 0. The van der Waals surface area contributed by atoms with Gasteiger partial charge in [-0.3, -0.25) is 4.21 Å². The molecule has 0 N–H and O–H groups in total. The Labute approximate surface area is 91.1 Å². The zero-order chi connectivity index (χ0) is 10.8. The molecule has 1 nitrogen and oxygen atoms in total. The molecule has 0 aromatic carbocycles. The molecule has 1 aliphatic rings.